The first kappa shape index (κ1) is 16.0. The van der Waals surface area contributed by atoms with Crippen LogP contribution in [-0.4, -0.2) is 13.7 Å². The lowest BCUT2D eigenvalue weighted by Crippen LogP contribution is -2.14. The summed E-state index contributed by atoms with van der Waals surface area (Å²) in [6, 6.07) is 6.77. The van der Waals surface area contributed by atoms with Crippen molar-refractivity contribution in [2.24, 2.45) is 0 Å². The molecule has 0 fully saturated rings. The van der Waals surface area contributed by atoms with Gasteiger partial charge in [0.1, 0.15) is 5.75 Å². The van der Waals surface area contributed by atoms with E-state index in [1.165, 1.54) is 36.8 Å². The zero-order valence-electron chi connectivity index (χ0n) is 13.0. The van der Waals surface area contributed by atoms with E-state index in [9.17, 15) is 0 Å². The van der Waals surface area contributed by atoms with E-state index in [0.717, 1.165) is 18.8 Å². The Hall–Kier alpha value is -1.02. The topological polar surface area (TPSA) is 21.3 Å². The first-order valence-electron chi connectivity index (χ1n) is 7.59. The van der Waals surface area contributed by atoms with Gasteiger partial charge in [-0.05, 0) is 33.4 Å². The van der Waals surface area contributed by atoms with Crippen molar-refractivity contribution < 1.29 is 4.74 Å². The van der Waals surface area contributed by atoms with E-state index in [2.05, 4.69) is 44.3 Å². The Kier molecular flexibility index (Phi) is 7.57. The Balaban J connectivity index is 2.48. The predicted molar refractivity (Wildman–Crippen MR) is 82.9 cm³/mol. The lowest BCUT2D eigenvalue weighted by Gasteiger charge is -2.17. The molecule has 0 radical (unpaired) electrons. The van der Waals surface area contributed by atoms with E-state index in [1.54, 1.807) is 0 Å². The van der Waals surface area contributed by atoms with E-state index in [0.29, 0.717) is 6.04 Å². The van der Waals surface area contributed by atoms with Crippen molar-refractivity contribution in [2.45, 2.75) is 58.9 Å². The fourth-order valence-electron chi connectivity index (χ4n) is 2.18. The number of rotatable bonds is 9. The number of nitrogens with one attached hydrogen (secondary N) is 1. The maximum absolute atomic E-state index is 5.96. The van der Waals surface area contributed by atoms with Crippen LogP contribution in [0.15, 0.2) is 18.2 Å². The summed E-state index contributed by atoms with van der Waals surface area (Å²) in [6.45, 7) is 7.37. The monoisotopic (exact) mass is 263 g/mol. The lowest BCUT2D eigenvalue weighted by atomic mass is 10.0. The predicted octanol–water partition coefficient (Wildman–Crippen LogP) is 4.62. The molecule has 2 heteroatoms. The molecule has 2 nitrogen and oxygen atoms in total. The van der Waals surface area contributed by atoms with E-state index >= 15 is 0 Å². The van der Waals surface area contributed by atoms with Crippen LogP contribution in [-0.2, 0) is 0 Å². The zero-order valence-corrected chi connectivity index (χ0v) is 13.0. The molecule has 1 rings (SSSR count). The highest BCUT2D eigenvalue weighted by molar-refractivity contribution is 5.38. The summed E-state index contributed by atoms with van der Waals surface area (Å²) >= 11 is 0. The molecule has 0 saturated carbocycles. The van der Waals surface area contributed by atoms with Crippen LogP contribution in [0.3, 0.4) is 0 Å². The molecule has 0 aliphatic heterocycles. The molecular weight excluding hydrogens is 234 g/mol. The Morgan fingerprint density at radius 2 is 1.89 bits per heavy atom. The summed E-state index contributed by atoms with van der Waals surface area (Å²) in [5, 5.41) is 3.29. The highest BCUT2D eigenvalue weighted by atomic mass is 16.5. The molecule has 0 aliphatic rings. The van der Waals surface area contributed by atoms with Gasteiger partial charge in [0.25, 0.3) is 0 Å². The van der Waals surface area contributed by atoms with Gasteiger partial charge < -0.3 is 10.1 Å². The molecule has 0 bridgehead atoms. The average Bonchev–Trinajstić information content (AvgIpc) is 2.43. The van der Waals surface area contributed by atoms with Gasteiger partial charge in [0, 0.05) is 11.6 Å². The van der Waals surface area contributed by atoms with Crippen LogP contribution in [0.4, 0.5) is 0 Å². The molecule has 0 aromatic heterocycles. The molecule has 0 saturated heterocycles. The summed E-state index contributed by atoms with van der Waals surface area (Å²) < 4.78 is 5.96. The molecule has 0 aliphatic carbocycles. The van der Waals surface area contributed by atoms with Gasteiger partial charge in [-0.2, -0.15) is 0 Å². The third kappa shape index (κ3) is 5.65. The molecular formula is C17H29NO. The number of hydrogen-bond acceptors (Lipinski definition) is 2. The van der Waals surface area contributed by atoms with Crippen LogP contribution in [0, 0.1) is 6.92 Å². The highest BCUT2D eigenvalue weighted by Crippen LogP contribution is 2.26. The average molecular weight is 263 g/mol. The molecule has 0 spiro atoms. The van der Waals surface area contributed by atoms with Crippen molar-refractivity contribution in [1.82, 2.24) is 5.32 Å². The van der Waals surface area contributed by atoms with Crippen LogP contribution in [0.2, 0.25) is 0 Å². The molecule has 0 heterocycles. The second-order valence-corrected chi connectivity index (χ2v) is 5.31. The minimum atomic E-state index is 0.329. The number of aryl methyl sites for hydroxylation is 1. The maximum atomic E-state index is 5.96. The maximum Gasteiger partial charge on any atom is 0.124 e. The van der Waals surface area contributed by atoms with Gasteiger partial charge in [-0.25, -0.2) is 0 Å². The van der Waals surface area contributed by atoms with Gasteiger partial charge in [0.05, 0.1) is 6.61 Å². The van der Waals surface area contributed by atoms with Gasteiger partial charge >= 0.3 is 0 Å². The van der Waals surface area contributed by atoms with Crippen LogP contribution in [0.1, 0.15) is 63.1 Å². The first-order valence-corrected chi connectivity index (χ1v) is 7.59. The van der Waals surface area contributed by atoms with Gasteiger partial charge in [-0.1, -0.05) is 50.3 Å². The van der Waals surface area contributed by atoms with Crippen molar-refractivity contribution in [3.05, 3.63) is 29.3 Å². The minimum absolute atomic E-state index is 0.329. The summed E-state index contributed by atoms with van der Waals surface area (Å²) in [5.41, 5.74) is 2.54. The van der Waals surface area contributed by atoms with Crippen molar-refractivity contribution in [3.63, 3.8) is 0 Å². The van der Waals surface area contributed by atoms with E-state index in [1.807, 2.05) is 7.05 Å². The Bertz CT molecular complexity index is 362. The Labute approximate surface area is 118 Å². The highest BCUT2D eigenvalue weighted by Gasteiger charge is 2.10. The van der Waals surface area contributed by atoms with E-state index in [4.69, 9.17) is 4.74 Å². The van der Waals surface area contributed by atoms with Gasteiger partial charge in [-0.15, -0.1) is 0 Å². The normalized spacial score (nSPS) is 12.4. The van der Waals surface area contributed by atoms with Crippen LogP contribution in [0.5, 0.6) is 5.75 Å². The number of hydrogen-bond donors (Lipinski definition) is 1. The first-order chi connectivity index (χ1) is 9.19. The SMILES string of the molecule is CCCCCCCOc1ccc(C)cc1C(C)NC. The molecule has 0 amide bonds. The molecule has 1 N–H and O–H groups in total. The fourth-order valence-corrected chi connectivity index (χ4v) is 2.18. The van der Waals surface area contributed by atoms with E-state index in [-0.39, 0.29) is 0 Å². The second-order valence-electron chi connectivity index (χ2n) is 5.31. The zero-order chi connectivity index (χ0) is 14.1. The molecule has 1 aromatic rings. The standard InChI is InChI=1S/C17H29NO/c1-5-6-7-8-9-12-19-17-11-10-14(2)13-16(17)15(3)18-4/h10-11,13,15,18H,5-9,12H2,1-4H3. The number of benzene rings is 1. The summed E-state index contributed by atoms with van der Waals surface area (Å²) in [7, 11) is 1.99. The molecule has 19 heavy (non-hydrogen) atoms. The molecule has 1 unspecified atom stereocenters. The second kappa shape index (κ2) is 8.98. The quantitative estimate of drug-likeness (QED) is 0.656. The molecule has 1 aromatic carbocycles. The van der Waals surface area contributed by atoms with Gasteiger partial charge in [-0.3, -0.25) is 0 Å². The molecule has 1 atom stereocenters. The molecule has 108 valence electrons. The third-order valence-electron chi connectivity index (χ3n) is 3.57. The van der Waals surface area contributed by atoms with Crippen LogP contribution >= 0.6 is 0 Å². The third-order valence-corrected chi connectivity index (χ3v) is 3.57. The largest absolute Gasteiger partial charge is 0.493 e. The Morgan fingerprint density at radius 3 is 2.58 bits per heavy atom. The van der Waals surface area contributed by atoms with Gasteiger partial charge in [0.2, 0.25) is 0 Å². The van der Waals surface area contributed by atoms with Crippen molar-refractivity contribution >= 4 is 0 Å². The van der Waals surface area contributed by atoms with Crippen molar-refractivity contribution in [3.8, 4) is 5.75 Å². The summed E-state index contributed by atoms with van der Waals surface area (Å²) in [6.07, 6.45) is 6.39. The van der Waals surface area contributed by atoms with Crippen LogP contribution < -0.4 is 10.1 Å². The smallest absolute Gasteiger partial charge is 0.124 e. The Morgan fingerprint density at radius 1 is 1.16 bits per heavy atom. The van der Waals surface area contributed by atoms with E-state index < -0.39 is 0 Å². The number of unbranched alkanes of at least 4 members (excludes halogenated alkanes) is 4. The fraction of sp³-hybridized carbons (Fsp3) is 0.647. The van der Waals surface area contributed by atoms with Crippen molar-refractivity contribution in [1.29, 1.82) is 0 Å². The van der Waals surface area contributed by atoms with Gasteiger partial charge in [0.15, 0.2) is 0 Å². The summed E-state index contributed by atoms with van der Waals surface area (Å²) in [5.74, 6) is 1.03. The summed E-state index contributed by atoms with van der Waals surface area (Å²) in [4.78, 5) is 0. The minimum Gasteiger partial charge on any atom is -0.493 e. The lowest BCUT2D eigenvalue weighted by molar-refractivity contribution is 0.299. The van der Waals surface area contributed by atoms with Crippen molar-refractivity contribution in [2.75, 3.05) is 13.7 Å². The number of ether oxygens (including phenoxy) is 1. The van der Waals surface area contributed by atoms with Crippen LogP contribution in [0.25, 0.3) is 0 Å².